The molecule has 1 aromatic rings. The maximum Gasteiger partial charge on any atom is 0.253 e. The van der Waals surface area contributed by atoms with Crippen LogP contribution in [-0.4, -0.2) is 31.4 Å². The Hall–Kier alpha value is -1.97. The van der Waals surface area contributed by atoms with Gasteiger partial charge in [0.15, 0.2) is 0 Å². The van der Waals surface area contributed by atoms with E-state index < -0.39 is 0 Å². The van der Waals surface area contributed by atoms with Gasteiger partial charge in [0.2, 0.25) is 0 Å². The van der Waals surface area contributed by atoms with E-state index in [1.54, 1.807) is 26.2 Å². The Morgan fingerprint density at radius 3 is 2.59 bits per heavy atom. The molecule has 0 saturated carbocycles. The van der Waals surface area contributed by atoms with Crippen LogP contribution in [0.15, 0.2) is 30.4 Å². The number of anilines is 2. The fraction of sp³-hybridized carbons (Fsp3) is 0.308. The van der Waals surface area contributed by atoms with Crippen LogP contribution in [0.2, 0.25) is 0 Å². The van der Waals surface area contributed by atoms with E-state index in [1.807, 2.05) is 13.0 Å². The summed E-state index contributed by atoms with van der Waals surface area (Å²) in [4.78, 5) is 13.2. The van der Waals surface area contributed by atoms with Crippen LogP contribution in [0.25, 0.3) is 0 Å². The van der Waals surface area contributed by atoms with E-state index in [1.165, 1.54) is 4.90 Å². The van der Waals surface area contributed by atoms with E-state index in [-0.39, 0.29) is 5.91 Å². The molecule has 0 aliphatic heterocycles. The molecule has 1 amide bonds. The zero-order chi connectivity index (χ0) is 13.0. The zero-order valence-electron chi connectivity index (χ0n) is 10.6. The number of nitrogens with one attached hydrogen (secondary N) is 1. The second kappa shape index (κ2) is 5.39. The molecule has 0 aromatic heterocycles. The van der Waals surface area contributed by atoms with E-state index in [4.69, 9.17) is 5.73 Å². The molecule has 1 rings (SSSR count). The third-order valence-corrected chi connectivity index (χ3v) is 2.29. The molecular formula is C13H19N3O. The Balaban J connectivity index is 2.86. The number of nitrogen functional groups attached to an aromatic ring is 1. The molecule has 0 aliphatic carbocycles. The lowest BCUT2D eigenvalue weighted by molar-refractivity contribution is 0.0827. The van der Waals surface area contributed by atoms with Crippen molar-refractivity contribution in [1.82, 2.24) is 4.90 Å². The van der Waals surface area contributed by atoms with E-state index in [0.29, 0.717) is 17.8 Å². The molecule has 0 unspecified atom stereocenters. The second-order valence-electron chi connectivity index (χ2n) is 4.31. The highest BCUT2D eigenvalue weighted by Crippen LogP contribution is 2.20. The largest absolute Gasteiger partial charge is 0.397 e. The molecule has 17 heavy (non-hydrogen) atoms. The van der Waals surface area contributed by atoms with E-state index >= 15 is 0 Å². The SMILES string of the molecule is C=C(C)CNc1ccc(C(=O)N(C)C)cc1N. The highest BCUT2D eigenvalue weighted by atomic mass is 16.2. The topological polar surface area (TPSA) is 58.4 Å². The number of rotatable bonds is 4. The Kier molecular flexibility index (Phi) is 4.15. The van der Waals surface area contributed by atoms with Gasteiger partial charge in [-0.05, 0) is 25.1 Å². The van der Waals surface area contributed by atoms with Gasteiger partial charge < -0.3 is 16.0 Å². The lowest BCUT2D eigenvalue weighted by Crippen LogP contribution is -2.21. The van der Waals surface area contributed by atoms with Gasteiger partial charge in [-0.1, -0.05) is 12.2 Å². The Labute approximate surface area is 102 Å². The minimum Gasteiger partial charge on any atom is -0.397 e. The summed E-state index contributed by atoms with van der Waals surface area (Å²) in [5.41, 5.74) is 8.89. The number of nitrogens with two attached hydrogens (primary N) is 1. The third kappa shape index (κ3) is 3.52. The molecule has 0 spiro atoms. The number of carbonyl (C=O) groups excluding carboxylic acids is 1. The van der Waals surface area contributed by atoms with Crippen molar-refractivity contribution in [3.63, 3.8) is 0 Å². The van der Waals surface area contributed by atoms with Crippen LogP contribution in [0.1, 0.15) is 17.3 Å². The van der Waals surface area contributed by atoms with E-state index in [2.05, 4.69) is 11.9 Å². The average Bonchev–Trinajstić information content (AvgIpc) is 2.26. The predicted octanol–water partition coefficient (Wildman–Crippen LogP) is 1.96. The first-order valence-corrected chi connectivity index (χ1v) is 5.41. The summed E-state index contributed by atoms with van der Waals surface area (Å²) >= 11 is 0. The van der Waals surface area contributed by atoms with Crippen molar-refractivity contribution in [2.24, 2.45) is 0 Å². The average molecular weight is 233 g/mol. The first-order chi connectivity index (χ1) is 7.91. The zero-order valence-corrected chi connectivity index (χ0v) is 10.6. The Bertz CT molecular complexity index is 438. The van der Waals surface area contributed by atoms with Crippen molar-refractivity contribution in [2.45, 2.75) is 6.92 Å². The van der Waals surface area contributed by atoms with Crippen molar-refractivity contribution in [3.05, 3.63) is 35.9 Å². The van der Waals surface area contributed by atoms with Crippen molar-refractivity contribution >= 4 is 17.3 Å². The summed E-state index contributed by atoms with van der Waals surface area (Å²) in [5, 5.41) is 3.16. The molecule has 0 heterocycles. The molecule has 0 bridgehead atoms. The summed E-state index contributed by atoms with van der Waals surface area (Å²) in [6.45, 7) is 6.41. The summed E-state index contributed by atoms with van der Waals surface area (Å²) in [6, 6.07) is 5.26. The van der Waals surface area contributed by atoms with E-state index in [9.17, 15) is 4.79 Å². The van der Waals surface area contributed by atoms with Gasteiger partial charge in [-0.3, -0.25) is 4.79 Å². The smallest absolute Gasteiger partial charge is 0.253 e. The van der Waals surface area contributed by atoms with Gasteiger partial charge in [-0.2, -0.15) is 0 Å². The van der Waals surface area contributed by atoms with Crippen molar-refractivity contribution in [3.8, 4) is 0 Å². The Morgan fingerprint density at radius 1 is 1.47 bits per heavy atom. The standard InChI is InChI=1S/C13H19N3O/c1-9(2)8-15-12-6-5-10(7-11(12)14)13(17)16(3)4/h5-7,15H,1,8,14H2,2-4H3. The molecule has 0 fully saturated rings. The summed E-state index contributed by atoms with van der Waals surface area (Å²) in [5.74, 6) is -0.0526. The fourth-order valence-electron chi connectivity index (χ4n) is 1.36. The molecule has 3 N–H and O–H groups in total. The monoisotopic (exact) mass is 233 g/mol. The number of hydrogen-bond donors (Lipinski definition) is 2. The van der Waals surface area contributed by atoms with Crippen molar-refractivity contribution in [1.29, 1.82) is 0 Å². The minimum atomic E-state index is -0.0526. The molecule has 4 nitrogen and oxygen atoms in total. The number of hydrogen-bond acceptors (Lipinski definition) is 3. The van der Waals surface area contributed by atoms with Gasteiger partial charge in [0, 0.05) is 26.2 Å². The summed E-state index contributed by atoms with van der Waals surface area (Å²) < 4.78 is 0. The van der Waals surface area contributed by atoms with Crippen LogP contribution < -0.4 is 11.1 Å². The molecule has 0 saturated heterocycles. The van der Waals surface area contributed by atoms with Gasteiger partial charge in [-0.25, -0.2) is 0 Å². The molecule has 0 atom stereocenters. The van der Waals surface area contributed by atoms with E-state index in [0.717, 1.165) is 11.3 Å². The van der Waals surface area contributed by atoms with Crippen LogP contribution >= 0.6 is 0 Å². The number of nitrogens with zero attached hydrogens (tertiary/aromatic N) is 1. The summed E-state index contributed by atoms with van der Waals surface area (Å²) in [6.07, 6.45) is 0. The normalized spacial score (nSPS) is 9.82. The van der Waals surface area contributed by atoms with Gasteiger partial charge in [0.25, 0.3) is 5.91 Å². The molecule has 4 heteroatoms. The highest BCUT2D eigenvalue weighted by molar-refractivity contribution is 5.95. The molecule has 1 aromatic carbocycles. The van der Waals surface area contributed by atoms with Crippen LogP contribution in [0, 0.1) is 0 Å². The maximum absolute atomic E-state index is 11.7. The van der Waals surface area contributed by atoms with Crippen LogP contribution in [-0.2, 0) is 0 Å². The maximum atomic E-state index is 11.7. The van der Waals surface area contributed by atoms with Crippen LogP contribution in [0.3, 0.4) is 0 Å². The quantitative estimate of drug-likeness (QED) is 0.617. The van der Waals surface area contributed by atoms with Gasteiger partial charge in [0.1, 0.15) is 0 Å². The van der Waals surface area contributed by atoms with Gasteiger partial charge in [0.05, 0.1) is 11.4 Å². The van der Waals surface area contributed by atoms with Gasteiger partial charge >= 0.3 is 0 Å². The predicted molar refractivity (Wildman–Crippen MR) is 72.2 cm³/mol. The molecule has 92 valence electrons. The number of benzene rings is 1. The summed E-state index contributed by atoms with van der Waals surface area (Å²) in [7, 11) is 3.43. The molecule has 0 aliphatic rings. The first kappa shape index (κ1) is 13.1. The first-order valence-electron chi connectivity index (χ1n) is 5.41. The number of amides is 1. The lowest BCUT2D eigenvalue weighted by Gasteiger charge is -2.13. The van der Waals surface area contributed by atoms with Crippen LogP contribution in [0.4, 0.5) is 11.4 Å². The van der Waals surface area contributed by atoms with Crippen LogP contribution in [0.5, 0.6) is 0 Å². The molecule has 0 radical (unpaired) electrons. The van der Waals surface area contributed by atoms with Gasteiger partial charge in [-0.15, -0.1) is 0 Å². The Morgan fingerprint density at radius 2 is 2.12 bits per heavy atom. The minimum absolute atomic E-state index is 0.0526. The van der Waals surface area contributed by atoms with Crippen molar-refractivity contribution < 1.29 is 4.79 Å². The fourth-order valence-corrected chi connectivity index (χ4v) is 1.36. The molecular weight excluding hydrogens is 214 g/mol. The number of carbonyl (C=O) groups is 1. The lowest BCUT2D eigenvalue weighted by atomic mass is 10.1. The second-order valence-corrected chi connectivity index (χ2v) is 4.31. The third-order valence-electron chi connectivity index (χ3n) is 2.29. The highest BCUT2D eigenvalue weighted by Gasteiger charge is 2.09. The van der Waals surface area contributed by atoms with Crippen molar-refractivity contribution in [2.75, 3.05) is 31.7 Å².